The number of nitrogens with zero attached hydrogens (tertiary/aromatic N) is 1. The number of nitrogens with two attached hydrogens (primary N) is 1. The number of benzene rings is 1. The molecule has 18 heavy (non-hydrogen) atoms. The van der Waals surface area contributed by atoms with E-state index in [2.05, 4.69) is 49.9 Å². The van der Waals surface area contributed by atoms with E-state index in [1.165, 1.54) is 30.5 Å². The van der Waals surface area contributed by atoms with Crippen LogP contribution in [0.2, 0.25) is 0 Å². The Morgan fingerprint density at radius 2 is 1.94 bits per heavy atom. The summed E-state index contributed by atoms with van der Waals surface area (Å²) in [5.41, 5.74) is 9.40. The average molecular weight is 246 g/mol. The topological polar surface area (TPSA) is 29.3 Å². The molecule has 100 valence electrons. The van der Waals surface area contributed by atoms with Crippen LogP contribution >= 0.6 is 0 Å². The van der Waals surface area contributed by atoms with Crippen LogP contribution in [0.4, 0.5) is 5.69 Å². The Morgan fingerprint density at radius 1 is 1.22 bits per heavy atom. The summed E-state index contributed by atoms with van der Waals surface area (Å²) >= 11 is 0. The van der Waals surface area contributed by atoms with Gasteiger partial charge in [0.25, 0.3) is 0 Å². The average Bonchev–Trinajstić information content (AvgIpc) is 2.51. The zero-order valence-electron chi connectivity index (χ0n) is 11.9. The van der Waals surface area contributed by atoms with Crippen molar-refractivity contribution >= 4 is 5.69 Å². The third kappa shape index (κ3) is 3.05. The molecule has 0 fully saturated rings. The molecular weight excluding hydrogens is 220 g/mol. The quantitative estimate of drug-likeness (QED) is 0.868. The molecule has 1 aliphatic rings. The van der Waals surface area contributed by atoms with E-state index < -0.39 is 0 Å². The molecule has 0 aromatic heterocycles. The molecule has 2 N–H and O–H groups in total. The van der Waals surface area contributed by atoms with E-state index in [0.717, 1.165) is 13.1 Å². The van der Waals surface area contributed by atoms with Gasteiger partial charge in [-0.15, -0.1) is 0 Å². The van der Waals surface area contributed by atoms with Gasteiger partial charge in [-0.3, -0.25) is 0 Å². The summed E-state index contributed by atoms with van der Waals surface area (Å²) in [6.07, 6.45) is 3.77. The first-order chi connectivity index (χ1) is 8.48. The van der Waals surface area contributed by atoms with Gasteiger partial charge in [0.2, 0.25) is 0 Å². The fourth-order valence-electron chi connectivity index (χ4n) is 2.47. The van der Waals surface area contributed by atoms with Gasteiger partial charge in [0.1, 0.15) is 0 Å². The number of anilines is 1. The van der Waals surface area contributed by atoms with Crippen molar-refractivity contribution in [2.24, 2.45) is 11.1 Å². The Hall–Kier alpha value is -1.02. The first-order valence-electron chi connectivity index (χ1n) is 7.07. The van der Waals surface area contributed by atoms with Gasteiger partial charge in [0.05, 0.1) is 0 Å². The highest BCUT2D eigenvalue weighted by atomic mass is 15.1. The lowest BCUT2D eigenvalue weighted by Crippen LogP contribution is -2.45. The van der Waals surface area contributed by atoms with Crippen molar-refractivity contribution in [2.75, 3.05) is 18.0 Å². The summed E-state index contributed by atoms with van der Waals surface area (Å²) in [4.78, 5) is 2.48. The number of para-hydroxylation sites is 1. The highest BCUT2D eigenvalue weighted by Crippen LogP contribution is 2.28. The van der Waals surface area contributed by atoms with Crippen LogP contribution in [0.15, 0.2) is 24.3 Å². The Bertz CT molecular complexity index is 392. The number of aryl methyl sites for hydroxylation is 1. The van der Waals surface area contributed by atoms with E-state index in [1.807, 2.05) is 0 Å². The fourth-order valence-corrected chi connectivity index (χ4v) is 2.47. The van der Waals surface area contributed by atoms with E-state index in [-0.39, 0.29) is 11.5 Å². The minimum atomic E-state index is 0.168. The summed E-state index contributed by atoms with van der Waals surface area (Å²) in [7, 11) is 0. The standard InChI is InChI=1S/C16H26N2/c1-16(2,3)15(17)12-18-11-7-6-9-13-8-4-5-10-14(13)18/h4-5,8,10,15H,6-7,9,11-12,17H2,1-3H3. The molecule has 0 aliphatic carbocycles. The van der Waals surface area contributed by atoms with E-state index in [9.17, 15) is 0 Å². The van der Waals surface area contributed by atoms with Gasteiger partial charge in [-0.25, -0.2) is 0 Å². The molecule has 1 aliphatic heterocycles. The van der Waals surface area contributed by atoms with Crippen LogP contribution in [0.3, 0.4) is 0 Å². The number of rotatable bonds is 2. The second kappa shape index (κ2) is 5.31. The van der Waals surface area contributed by atoms with Crippen molar-refractivity contribution < 1.29 is 0 Å². The minimum Gasteiger partial charge on any atom is -0.370 e. The summed E-state index contributed by atoms with van der Waals surface area (Å²) in [6, 6.07) is 9.00. The summed E-state index contributed by atoms with van der Waals surface area (Å²) < 4.78 is 0. The van der Waals surface area contributed by atoms with Crippen LogP contribution in [0.5, 0.6) is 0 Å². The Morgan fingerprint density at radius 3 is 2.67 bits per heavy atom. The highest BCUT2D eigenvalue weighted by Gasteiger charge is 2.24. The van der Waals surface area contributed by atoms with Gasteiger partial charge in [-0.2, -0.15) is 0 Å². The maximum atomic E-state index is 6.35. The van der Waals surface area contributed by atoms with Crippen LogP contribution < -0.4 is 10.6 Å². The lowest BCUT2D eigenvalue weighted by molar-refractivity contribution is 0.320. The highest BCUT2D eigenvalue weighted by molar-refractivity contribution is 5.54. The molecule has 2 heteroatoms. The lowest BCUT2D eigenvalue weighted by atomic mass is 9.87. The number of fused-ring (bicyclic) bond motifs is 1. The third-order valence-electron chi connectivity index (χ3n) is 3.99. The van der Waals surface area contributed by atoms with Crippen LogP contribution in [0.1, 0.15) is 39.2 Å². The molecule has 0 amide bonds. The molecule has 1 aromatic carbocycles. The predicted molar refractivity (Wildman–Crippen MR) is 79.0 cm³/mol. The van der Waals surface area contributed by atoms with Crippen LogP contribution in [-0.2, 0) is 6.42 Å². The monoisotopic (exact) mass is 246 g/mol. The molecule has 1 heterocycles. The molecule has 0 saturated heterocycles. The van der Waals surface area contributed by atoms with E-state index in [4.69, 9.17) is 5.73 Å². The summed E-state index contributed by atoms with van der Waals surface area (Å²) in [5, 5.41) is 0. The van der Waals surface area contributed by atoms with Crippen molar-refractivity contribution in [2.45, 2.75) is 46.1 Å². The Balaban J connectivity index is 2.18. The van der Waals surface area contributed by atoms with E-state index in [0.29, 0.717) is 0 Å². The first kappa shape index (κ1) is 13.4. The maximum Gasteiger partial charge on any atom is 0.0399 e. The van der Waals surface area contributed by atoms with Crippen LogP contribution in [0.25, 0.3) is 0 Å². The summed E-state index contributed by atoms with van der Waals surface area (Å²) in [6.45, 7) is 8.77. The van der Waals surface area contributed by atoms with Crippen molar-refractivity contribution in [3.05, 3.63) is 29.8 Å². The minimum absolute atomic E-state index is 0.168. The van der Waals surface area contributed by atoms with Crippen LogP contribution in [-0.4, -0.2) is 19.1 Å². The third-order valence-corrected chi connectivity index (χ3v) is 3.99. The van der Waals surface area contributed by atoms with Crippen molar-refractivity contribution in [1.29, 1.82) is 0 Å². The SMILES string of the molecule is CC(C)(C)C(N)CN1CCCCc2ccccc21. The molecule has 2 nitrogen and oxygen atoms in total. The van der Waals surface area contributed by atoms with Crippen LogP contribution in [0, 0.1) is 5.41 Å². The molecule has 1 unspecified atom stereocenters. The molecule has 1 atom stereocenters. The smallest absolute Gasteiger partial charge is 0.0399 e. The molecule has 2 rings (SSSR count). The second-order valence-electron chi connectivity index (χ2n) is 6.50. The lowest BCUT2D eigenvalue weighted by Gasteiger charge is -2.34. The Kier molecular flexibility index (Phi) is 3.96. The van der Waals surface area contributed by atoms with Gasteiger partial charge in [-0.05, 0) is 36.3 Å². The van der Waals surface area contributed by atoms with Gasteiger partial charge in [0, 0.05) is 24.8 Å². The van der Waals surface area contributed by atoms with Crippen molar-refractivity contribution in [3.8, 4) is 0 Å². The molecular formula is C16H26N2. The molecule has 0 radical (unpaired) electrons. The van der Waals surface area contributed by atoms with E-state index >= 15 is 0 Å². The zero-order chi connectivity index (χ0) is 13.2. The normalized spacial score (nSPS) is 18.1. The van der Waals surface area contributed by atoms with E-state index in [1.54, 1.807) is 0 Å². The number of hydrogen-bond acceptors (Lipinski definition) is 2. The van der Waals surface area contributed by atoms with Gasteiger partial charge < -0.3 is 10.6 Å². The fraction of sp³-hybridized carbons (Fsp3) is 0.625. The number of hydrogen-bond donors (Lipinski definition) is 1. The molecule has 1 aromatic rings. The van der Waals surface area contributed by atoms with Gasteiger partial charge in [0.15, 0.2) is 0 Å². The van der Waals surface area contributed by atoms with Gasteiger partial charge >= 0.3 is 0 Å². The molecule has 0 spiro atoms. The molecule has 0 bridgehead atoms. The first-order valence-corrected chi connectivity index (χ1v) is 7.07. The second-order valence-corrected chi connectivity index (χ2v) is 6.50. The van der Waals surface area contributed by atoms with Gasteiger partial charge in [-0.1, -0.05) is 39.0 Å². The van der Waals surface area contributed by atoms with Crippen molar-refractivity contribution in [3.63, 3.8) is 0 Å². The molecule has 0 saturated carbocycles. The van der Waals surface area contributed by atoms with Crippen molar-refractivity contribution in [1.82, 2.24) is 0 Å². The maximum absolute atomic E-state index is 6.35. The Labute approximate surface area is 111 Å². The summed E-state index contributed by atoms with van der Waals surface area (Å²) in [5.74, 6) is 0. The predicted octanol–water partition coefficient (Wildman–Crippen LogP) is 3.20. The zero-order valence-corrected chi connectivity index (χ0v) is 11.9. The largest absolute Gasteiger partial charge is 0.370 e.